The van der Waals surface area contributed by atoms with Crippen molar-refractivity contribution >= 4 is 23.2 Å². The summed E-state index contributed by atoms with van der Waals surface area (Å²) in [5.41, 5.74) is 7.03. The Labute approximate surface area is 94.2 Å². The van der Waals surface area contributed by atoms with Crippen molar-refractivity contribution in [2.24, 2.45) is 5.73 Å². The van der Waals surface area contributed by atoms with Gasteiger partial charge in [-0.1, -0.05) is 23.2 Å². The van der Waals surface area contributed by atoms with Gasteiger partial charge in [0.25, 0.3) is 0 Å². The molecule has 2 rings (SSSR count). The zero-order valence-corrected chi connectivity index (χ0v) is 9.35. The summed E-state index contributed by atoms with van der Waals surface area (Å²) in [6, 6.07) is 5.98. The highest BCUT2D eigenvalue weighted by atomic mass is 35.5. The van der Waals surface area contributed by atoms with Gasteiger partial charge in [-0.15, -0.1) is 0 Å². The first kappa shape index (κ1) is 10.3. The van der Waals surface area contributed by atoms with Crippen molar-refractivity contribution in [3.8, 4) is 0 Å². The van der Waals surface area contributed by atoms with E-state index in [1.807, 2.05) is 18.2 Å². The maximum Gasteiger partial charge on any atom is 0.0441 e. The second-order valence-corrected chi connectivity index (χ2v) is 4.78. The van der Waals surface area contributed by atoms with E-state index in [2.05, 4.69) is 0 Å². The van der Waals surface area contributed by atoms with Crippen LogP contribution in [0.15, 0.2) is 18.2 Å². The van der Waals surface area contributed by atoms with Gasteiger partial charge in [0.15, 0.2) is 0 Å². The molecule has 2 N–H and O–H groups in total. The molecule has 76 valence electrons. The van der Waals surface area contributed by atoms with Gasteiger partial charge in [0.2, 0.25) is 0 Å². The highest BCUT2D eigenvalue weighted by Gasteiger charge is 2.24. The minimum absolute atomic E-state index is 0.329. The lowest BCUT2D eigenvalue weighted by Crippen LogP contribution is -2.14. The number of rotatable bonds is 1. The zero-order valence-electron chi connectivity index (χ0n) is 7.84. The highest BCUT2D eigenvalue weighted by molar-refractivity contribution is 6.33. The summed E-state index contributed by atoms with van der Waals surface area (Å²) < 4.78 is 0. The van der Waals surface area contributed by atoms with Crippen LogP contribution in [0.5, 0.6) is 0 Å². The average molecular weight is 230 g/mol. The second-order valence-electron chi connectivity index (χ2n) is 3.94. The van der Waals surface area contributed by atoms with Crippen molar-refractivity contribution in [3.05, 3.63) is 33.8 Å². The van der Waals surface area contributed by atoms with E-state index in [0.717, 1.165) is 34.9 Å². The van der Waals surface area contributed by atoms with Gasteiger partial charge in [0.1, 0.15) is 0 Å². The van der Waals surface area contributed by atoms with Gasteiger partial charge in [0, 0.05) is 16.1 Å². The molecule has 14 heavy (non-hydrogen) atoms. The van der Waals surface area contributed by atoms with E-state index >= 15 is 0 Å². The summed E-state index contributed by atoms with van der Waals surface area (Å²) in [5.74, 6) is 0.496. The lowest BCUT2D eigenvalue weighted by atomic mass is 9.97. The van der Waals surface area contributed by atoms with Crippen LogP contribution in [0.4, 0.5) is 0 Å². The summed E-state index contributed by atoms with van der Waals surface area (Å²) >= 11 is 12.1. The molecule has 0 aromatic heterocycles. The predicted octanol–water partition coefficient (Wildman–Crippen LogP) is 3.59. The minimum Gasteiger partial charge on any atom is -0.328 e. The monoisotopic (exact) mass is 229 g/mol. The largest absolute Gasteiger partial charge is 0.328 e. The van der Waals surface area contributed by atoms with Crippen molar-refractivity contribution in [1.82, 2.24) is 0 Å². The lowest BCUT2D eigenvalue weighted by molar-refractivity contribution is 0.675. The standard InChI is InChI=1S/C11H13Cl2N/c12-8-2-4-11(13)10(6-8)7-1-3-9(14)5-7/h2,4,6-7,9H,1,3,5,14H2. The Morgan fingerprint density at radius 3 is 2.64 bits per heavy atom. The number of nitrogens with two attached hydrogens (primary N) is 1. The topological polar surface area (TPSA) is 26.0 Å². The Morgan fingerprint density at radius 2 is 2.00 bits per heavy atom. The van der Waals surface area contributed by atoms with Crippen molar-refractivity contribution in [3.63, 3.8) is 0 Å². The third kappa shape index (κ3) is 2.05. The van der Waals surface area contributed by atoms with Crippen LogP contribution < -0.4 is 5.73 Å². The van der Waals surface area contributed by atoms with E-state index in [9.17, 15) is 0 Å². The molecular weight excluding hydrogens is 217 g/mol. The molecule has 1 aliphatic carbocycles. The molecular formula is C11H13Cl2N. The minimum atomic E-state index is 0.329. The third-order valence-corrected chi connectivity index (χ3v) is 3.45. The van der Waals surface area contributed by atoms with Crippen LogP contribution in [-0.4, -0.2) is 6.04 Å². The molecule has 0 spiro atoms. The first-order chi connectivity index (χ1) is 6.66. The molecule has 3 heteroatoms. The van der Waals surface area contributed by atoms with Crippen molar-refractivity contribution in [2.75, 3.05) is 0 Å². The Kier molecular flexibility index (Phi) is 3.01. The highest BCUT2D eigenvalue weighted by Crippen LogP contribution is 2.38. The van der Waals surface area contributed by atoms with Crippen LogP contribution in [0.25, 0.3) is 0 Å². The molecule has 1 aliphatic rings. The van der Waals surface area contributed by atoms with E-state index in [4.69, 9.17) is 28.9 Å². The van der Waals surface area contributed by atoms with E-state index in [1.54, 1.807) is 0 Å². The fourth-order valence-electron chi connectivity index (χ4n) is 2.13. The van der Waals surface area contributed by atoms with Crippen LogP contribution in [-0.2, 0) is 0 Å². The van der Waals surface area contributed by atoms with Crippen LogP contribution in [0, 0.1) is 0 Å². The normalized spacial score (nSPS) is 26.8. The molecule has 1 aromatic carbocycles. The summed E-state index contributed by atoms with van der Waals surface area (Å²) in [6.07, 6.45) is 3.24. The summed E-state index contributed by atoms with van der Waals surface area (Å²) in [7, 11) is 0. The Morgan fingerprint density at radius 1 is 1.21 bits per heavy atom. The maximum atomic E-state index is 6.12. The van der Waals surface area contributed by atoms with E-state index in [1.165, 1.54) is 0 Å². The first-order valence-corrected chi connectivity index (χ1v) is 5.63. The van der Waals surface area contributed by atoms with Gasteiger partial charge in [-0.25, -0.2) is 0 Å². The molecule has 0 heterocycles. The van der Waals surface area contributed by atoms with Crippen molar-refractivity contribution in [1.29, 1.82) is 0 Å². The molecule has 0 amide bonds. The van der Waals surface area contributed by atoms with Crippen molar-refractivity contribution in [2.45, 2.75) is 31.2 Å². The molecule has 2 atom stereocenters. The SMILES string of the molecule is NC1CCC(c2cc(Cl)ccc2Cl)C1. The predicted molar refractivity (Wildman–Crippen MR) is 61.0 cm³/mol. The fraction of sp³-hybridized carbons (Fsp3) is 0.455. The smallest absolute Gasteiger partial charge is 0.0441 e. The molecule has 0 saturated heterocycles. The zero-order chi connectivity index (χ0) is 10.1. The molecule has 0 radical (unpaired) electrons. The van der Waals surface area contributed by atoms with E-state index in [-0.39, 0.29) is 0 Å². The van der Waals surface area contributed by atoms with Gasteiger partial charge in [0.05, 0.1) is 0 Å². The second kappa shape index (κ2) is 4.09. The van der Waals surface area contributed by atoms with E-state index < -0.39 is 0 Å². The van der Waals surface area contributed by atoms with Crippen LogP contribution >= 0.6 is 23.2 Å². The molecule has 0 bridgehead atoms. The number of benzene rings is 1. The molecule has 1 saturated carbocycles. The van der Waals surface area contributed by atoms with Crippen LogP contribution in [0.3, 0.4) is 0 Å². The van der Waals surface area contributed by atoms with E-state index in [0.29, 0.717) is 12.0 Å². The number of hydrogen-bond donors (Lipinski definition) is 1. The molecule has 1 aromatic rings. The van der Waals surface area contributed by atoms with Gasteiger partial charge in [-0.2, -0.15) is 0 Å². The molecule has 1 nitrogen and oxygen atoms in total. The van der Waals surface area contributed by atoms with Crippen molar-refractivity contribution < 1.29 is 0 Å². The Balaban J connectivity index is 2.27. The number of halogens is 2. The fourth-order valence-corrected chi connectivity index (χ4v) is 2.58. The molecule has 2 unspecified atom stereocenters. The Bertz CT molecular complexity index is 338. The van der Waals surface area contributed by atoms with Crippen LogP contribution in [0.1, 0.15) is 30.7 Å². The van der Waals surface area contributed by atoms with Crippen LogP contribution in [0.2, 0.25) is 10.0 Å². The maximum absolute atomic E-state index is 6.12. The van der Waals surface area contributed by atoms with Gasteiger partial charge in [-0.05, 0) is 48.9 Å². The molecule has 1 fully saturated rings. The number of hydrogen-bond acceptors (Lipinski definition) is 1. The summed E-state index contributed by atoms with van der Waals surface area (Å²) in [6.45, 7) is 0. The first-order valence-electron chi connectivity index (χ1n) is 4.87. The average Bonchev–Trinajstić information content (AvgIpc) is 2.56. The summed E-state index contributed by atoms with van der Waals surface area (Å²) in [4.78, 5) is 0. The van der Waals surface area contributed by atoms with Gasteiger partial charge in [-0.3, -0.25) is 0 Å². The third-order valence-electron chi connectivity index (χ3n) is 2.87. The molecule has 0 aliphatic heterocycles. The lowest BCUT2D eigenvalue weighted by Gasteiger charge is -2.12. The van der Waals surface area contributed by atoms with Gasteiger partial charge >= 0.3 is 0 Å². The Hall–Kier alpha value is -0.240. The van der Waals surface area contributed by atoms with Gasteiger partial charge < -0.3 is 5.73 Å². The summed E-state index contributed by atoms with van der Waals surface area (Å²) in [5, 5.41) is 1.57. The quantitative estimate of drug-likeness (QED) is 0.783.